The van der Waals surface area contributed by atoms with Crippen LogP contribution in [0.3, 0.4) is 0 Å². The Balaban J connectivity index is 1.92. The van der Waals surface area contributed by atoms with Gasteiger partial charge in [-0.3, -0.25) is 9.59 Å². The van der Waals surface area contributed by atoms with Gasteiger partial charge in [0.15, 0.2) is 6.61 Å². The minimum atomic E-state index is -0.276. The van der Waals surface area contributed by atoms with Crippen LogP contribution in [-0.2, 0) is 9.59 Å². The second-order valence-electron chi connectivity index (χ2n) is 6.87. The number of likely N-dealkylation sites (N-methyl/N-ethyl adjacent to an activating group) is 1. The van der Waals surface area contributed by atoms with Crippen LogP contribution >= 0.6 is 0 Å². The van der Waals surface area contributed by atoms with E-state index in [0.717, 1.165) is 27.9 Å². The van der Waals surface area contributed by atoms with Gasteiger partial charge in [0.25, 0.3) is 0 Å². The molecule has 0 aliphatic rings. The van der Waals surface area contributed by atoms with Crippen molar-refractivity contribution < 1.29 is 14.3 Å². The molecule has 0 unspecified atom stereocenters. The monoisotopic (exact) mass is 391 g/mol. The van der Waals surface area contributed by atoms with Gasteiger partial charge in [0.05, 0.1) is 6.54 Å². The fraction of sp³-hybridized carbons (Fsp3) is 0.261. The smallest absolute Gasteiger partial charge is 0.246 e. The Morgan fingerprint density at radius 1 is 1.14 bits per heavy atom. The van der Waals surface area contributed by atoms with Gasteiger partial charge in [-0.25, -0.2) is 0 Å². The zero-order valence-corrected chi connectivity index (χ0v) is 17.2. The summed E-state index contributed by atoms with van der Waals surface area (Å²) in [6.07, 6.45) is 3.08. The number of nitrogens with one attached hydrogen (secondary N) is 1. The predicted octanol–water partition coefficient (Wildman–Crippen LogP) is 3.62. The molecule has 0 spiro atoms. The van der Waals surface area contributed by atoms with Crippen LogP contribution in [0.5, 0.6) is 5.75 Å². The van der Waals surface area contributed by atoms with Crippen molar-refractivity contribution in [3.8, 4) is 11.8 Å². The molecule has 2 aromatic carbocycles. The van der Waals surface area contributed by atoms with Gasteiger partial charge in [-0.2, -0.15) is 5.26 Å². The molecule has 0 radical (unpaired) electrons. The van der Waals surface area contributed by atoms with Gasteiger partial charge in [-0.05, 0) is 55.7 Å². The van der Waals surface area contributed by atoms with Gasteiger partial charge in [0.2, 0.25) is 11.8 Å². The maximum absolute atomic E-state index is 12.3. The summed E-state index contributed by atoms with van der Waals surface area (Å²) in [6, 6.07) is 12.9. The van der Waals surface area contributed by atoms with Crippen LogP contribution in [0.25, 0.3) is 6.08 Å². The van der Waals surface area contributed by atoms with Crippen LogP contribution in [0, 0.1) is 32.1 Å². The van der Waals surface area contributed by atoms with E-state index in [2.05, 4.69) is 5.32 Å². The molecule has 2 rings (SSSR count). The molecule has 0 saturated heterocycles. The highest BCUT2D eigenvalue weighted by Gasteiger charge is 2.13. The van der Waals surface area contributed by atoms with Crippen molar-refractivity contribution in [3.05, 3.63) is 64.7 Å². The van der Waals surface area contributed by atoms with E-state index in [9.17, 15) is 9.59 Å². The molecule has 0 heterocycles. The molecule has 0 atom stereocenters. The van der Waals surface area contributed by atoms with Crippen molar-refractivity contribution in [2.24, 2.45) is 0 Å². The molecule has 0 bridgehead atoms. The van der Waals surface area contributed by atoms with Crippen molar-refractivity contribution in [1.29, 1.82) is 5.26 Å². The Hall–Kier alpha value is -3.59. The maximum Gasteiger partial charge on any atom is 0.246 e. The van der Waals surface area contributed by atoms with Gasteiger partial charge in [-0.1, -0.05) is 29.8 Å². The first-order valence-electron chi connectivity index (χ1n) is 9.21. The van der Waals surface area contributed by atoms with Gasteiger partial charge >= 0.3 is 0 Å². The van der Waals surface area contributed by atoms with Gasteiger partial charge in [-0.15, -0.1) is 0 Å². The highest BCUT2D eigenvalue weighted by atomic mass is 16.5. The fourth-order valence-corrected chi connectivity index (χ4v) is 2.93. The maximum atomic E-state index is 12.3. The SMILES string of the molecule is Cc1cc(C)c(NC(=O)CN(C)C(=O)/C=C/c2ccc(OCC#N)cc2)c(C)c1. The summed E-state index contributed by atoms with van der Waals surface area (Å²) in [6.45, 7) is 5.85. The molecule has 0 aliphatic heterocycles. The standard InChI is InChI=1S/C23H25N3O3/c1-16-13-17(2)23(18(3)14-16)25-21(27)15-26(4)22(28)10-7-19-5-8-20(9-6-19)29-12-11-24/h5-10,13-14H,12,15H2,1-4H3,(H,25,27)/b10-7+. The third kappa shape index (κ3) is 6.51. The van der Waals surface area contributed by atoms with Crippen molar-refractivity contribution in [1.82, 2.24) is 4.90 Å². The number of amides is 2. The summed E-state index contributed by atoms with van der Waals surface area (Å²) in [7, 11) is 1.58. The van der Waals surface area contributed by atoms with E-state index in [0.29, 0.717) is 5.75 Å². The minimum Gasteiger partial charge on any atom is -0.479 e. The molecule has 2 amide bonds. The van der Waals surface area contributed by atoms with Crippen molar-refractivity contribution in [2.45, 2.75) is 20.8 Å². The molecule has 6 heteroatoms. The number of carbonyl (C=O) groups is 2. The van der Waals surface area contributed by atoms with Gasteiger partial charge < -0.3 is 15.0 Å². The van der Waals surface area contributed by atoms with E-state index in [1.165, 1.54) is 11.0 Å². The van der Waals surface area contributed by atoms with Crippen LogP contribution in [0.1, 0.15) is 22.3 Å². The molecule has 2 aromatic rings. The lowest BCUT2D eigenvalue weighted by atomic mass is 10.1. The summed E-state index contributed by atoms with van der Waals surface area (Å²) in [5, 5.41) is 11.4. The number of ether oxygens (including phenoxy) is 1. The Morgan fingerprint density at radius 3 is 2.34 bits per heavy atom. The summed E-state index contributed by atoms with van der Waals surface area (Å²) < 4.78 is 5.18. The molecule has 0 aliphatic carbocycles. The Labute approximate surface area is 171 Å². The zero-order chi connectivity index (χ0) is 21.4. The lowest BCUT2D eigenvalue weighted by molar-refractivity contribution is -0.129. The molecular formula is C23H25N3O3. The highest BCUT2D eigenvalue weighted by molar-refractivity contribution is 5.98. The Morgan fingerprint density at radius 2 is 1.76 bits per heavy atom. The molecular weight excluding hydrogens is 366 g/mol. The number of nitriles is 1. The third-order valence-corrected chi connectivity index (χ3v) is 4.30. The van der Waals surface area contributed by atoms with E-state index in [4.69, 9.17) is 10.00 Å². The second kappa shape index (κ2) is 10.1. The number of nitrogens with zero attached hydrogens (tertiary/aromatic N) is 2. The first-order valence-corrected chi connectivity index (χ1v) is 9.21. The van der Waals surface area contributed by atoms with Crippen molar-refractivity contribution in [3.63, 3.8) is 0 Å². The number of carbonyl (C=O) groups excluding carboxylic acids is 2. The Bertz CT molecular complexity index is 933. The molecule has 1 N–H and O–H groups in total. The predicted molar refractivity (Wildman–Crippen MR) is 114 cm³/mol. The topological polar surface area (TPSA) is 82.4 Å². The Kier molecular flexibility index (Phi) is 7.55. The lowest BCUT2D eigenvalue weighted by Gasteiger charge is -2.17. The largest absolute Gasteiger partial charge is 0.479 e. The lowest BCUT2D eigenvalue weighted by Crippen LogP contribution is -2.34. The van der Waals surface area contributed by atoms with Crippen LogP contribution in [0.15, 0.2) is 42.5 Å². The number of hydrogen-bond acceptors (Lipinski definition) is 4. The normalized spacial score (nSPS) is 10.4. The number of rotatable bonds is 7. The van der Waals surface area contributed by atoms with Crippen LogP contribution in [0.4, 0.5) is 5.69 Å². The van der Waals surface area contributed by atoms with Gasteiger partial charge in [0, 0.05) is 18.8 Å². The highest BCUT2D eigenvalue weighted by Crippen LogP contribution is 2.21. The fourth-order valence-electron chi connectivity index (χ4n) is 2.93. The average Bonchev–Trinajstić information content (AvgIpc) is 2.68. The summed E-state index contributed by atoms with van der Waals surface area (Å²) in [5.41, 5.74) is 4.72. The number of hydrogen-bond donors (Lipinski definition) is 1. The van der Waals surface area contributed by atoms with E-state index in [-0.39, 0.29) is 25.0 Å². The molecule has 6 nitrogen and oxygen atoms in total. The number of aryl methyl sites for hydroxylation is 3. The van der Waals surface area contributed by atoms with E-state index in [1.807, 2.05) is 39.0 Å². The second-order valence-corrected chi connectivity index (χ2v) is 6.87. The quantitative estimate of drug-likeness (QED) is 0.731. The first-order chi connectivity index (χ1) is 13.8. The van der Waals surface area contributed by atoms with E-state index in [1.54, 1.807) is 37.4 Å². The van der Waals surface area contributed by atoms with Crippen molar-refractivity contribution >= 4 is 23.6 Å². The van der Waals surface area contributed by atoms with Crippen molar-refractivity contribution in [2.75, 3.05) is 25.5 Å². The minimum absolute atomic E-state index is 0.0117. The third-order valence-electron chi connectivity index (χ3n) is 4.30. The van der Waals surface area contributed by atoms with E-state index >= 15 is 0 Å². The molecule has 0 fully saturated rings. The zero-order valence-electron chi connectivity index (χ0n) is 17.2. The van der Waals surface area contributed by atoms with E-state index < -0.39 is 0 Å². The molecule has 0 aromatic heterocycles. The van der Waals surface area contributed by atoms with Crippen LogP contribution < -0.4 is 10.1 Å². The molecule has 150 valence electrons. The molecule has 29 heavy (non-hydrogen) atoms. The first kappa shape index (κ1) is 21.7. The summed E-state index contributed by atoms with van der Waals surface area (Å²) in [5.74, 6) is 0.0658. The number of benzene rings is 2. The summed E-state index contributed by atoms with van der Waals surface area (Å²) in [4.78, 5) is 26.0. The van der Waals surface area contributed by atoms with Gasteiger partial charge in [0.1, 0.15) is 11.8 Å². The van der Waals surface area contributed by atoms with Crippen LogP contribution in [0.2, 0.25) is 0 Å². The molecule has 0 saturated carbocycles. The average molecular weight is 391 g/mol. The number of anilines is 1. The van der Waals surface area contributed by atoms with Crippen LogP contribution in [-0.4, -0.2) is 36.9 Å². The summed E-state index contributed by atoms with van der Waals surface area (Å²) >= 11 is 0.